The molecule has 0 saturated carbocycles. The summed E-state index contributed by atoms with van der Waals surface area (Å²) in [7, 11) is 3.90. The van der Waals surface area contributed by atoms with Gasteiger partial charge >= 0.3 is 0 Å². The molecule has 0 saturated heterocycles. The second-order valence-electron chi connectivity index (χ2n) is 4.35. The van der Waals surface area contributed by atoms with E-state index in [2.05, 4.69) is 16.6 Å². The van der Waals surface area contributed by atoms with Gasteiger partial charge in [-0.2, -0.15) is 5.10 Å². The highest BCUT2D eigenvalue weighted by molar-refractivity contribution is 5.11. The van der Waals surface area contributed by atoms with Gasteiger partial charge in [-0.1, -0.05) is 0 Å². The summed E-state index contributed by atoms with van der Waals surface area (Å²) in [6.07, 6.45) is 5.98. The third-order valence-corrected chi connectivity index (χ3v) is 2.93. The smallest absolute Gasteiger partial charge is 0.121 e. The lowest BCUT2D eigenvalue weighted by atomic mass is 10.1. The molecule has 1 unspecified atom stereocenters. The highest BCUT2D eigenvalue weighted by Gasteiger charge is 2.13. The number of rotatable bonds is 5. The van der Waals surface area contributed by atoms with E-state index in [0.717, 1.165) is 24.4 Å². The fraction of sp³-hybridized carbons (Fsp3) is 0.462. The SMILES string of the molecule is CNC(CCc1cnn(C)c1)c1ccc(C)o1. The van der Waals surface area contributed by atoms with Gasteiger partial charge in [0, 0.05) is 13.2 Å². The first-order valence-electron chi connectivity index (χ1n) is 5.90. The maximum Gasteiger partial charge on any atom is 0.121 e. The number of nitrogens with zero attached hydrogens (tertiary/aromatic N) is 2. The summed E-state index contributed by atoms with van der Waals surface area (Å²) in [6, 6.07) is 4.31. The van der Waals surface area contributed by atoms with Gasteiger partial charge in [0.05, 0.1) is 12.2 Å². The van der Waals surface area contributed by atoms with Crippen molar-refractivity contribution < 1.29 is 4.42 Å². The zero-order valence-electron chi connectivity index (χ0n) is 10.6. The Bertz CT molecular complexity index is 472. The molecule has 0 fully saturated rings. The number of aromatic nitrogens is 2. The standard InChI is InChI=1S/C13H19N3O/c1-10-4-7-13(17-10)12(14-2)6-5-11-8-15-16(3)9-11/h4,7-9,12,14H,5-6H2,1-3H3. The zero-order chi connectivity index (χ0) is 12.3. The third-order valence-electron chi connectivity index (χ3n) is 2.93. The van der Waals surface area contributed by atoms with Crippen LogP contribution in [0.25, 0.3) is 0 Å². The van der Waals surface area contributed by atoms with E-state index >= 15 is 0 Å². The van der Waals surface area contributed by atoms with Gasteiger partial charge in [0.1, 0.15) is 11.5 Å². The van der Waals surface area contributed by atoms with Crippen LogP contribution < -0.4 is 5.32 Å². The van der Waals surface area contributed by atoms with Crippen molar-refractivity contribution in [2.24, 2.45) is 7.05 Å². The van der Waals surface area contributed by atoms with Gasteiger partial charge in [0.15, 0.2) is 0 Å². The molecule has 0 spiro atoms. The Morgan fingerprint density at radius 3 is 2.82 bits per heavy atom. The van der Waals surface area contributed by atoms with Crippen molar-refractivity contribution in [2.75, 3.05) is 7.05 Å². The first kappa shape index (κ1) is 11.9. The molecular weight excluding hydrogens is 214 g/mol. The van der Waals surface area contributed by atoms with Crippen LogP contribution >= 0.6 is 0 Å². The van der Waals surface area contributed by atoms with E-state index in [1.165, 1.54) is 5.56 Å². The van der Waals surface area contributed by atoms with Crippen molar-refractivity contribution in [1.29, 1.82) is 0 Å². The summed E-state index contributed by atoms with van der Waals surface area (Å²) in [6.45, 7) is 1.97. The Hall–Kier alpha value is -1.55. The van der Waals surface area contributed by atoms with Crippen LogP contribution in [0.4, 0.5) is 0 Å². The molecule has 2 heterocycles. The van der Waals surface area contributed by atoms with Crippen LogP contribution in [0.3, 0.4) is 0 Å². The minimum absolute atomic E-state index is 0.268. The van der Waals surface area contributed by atoms with Crippen LogP contribution in [0.2, 0.25) is 0 Å². The highest BCUT2D eigenvalue weighted by atomic mass is 16.3. The molecule has 0 aliphatic carbocycles. The summed E-state index contributed by atoms with van der Waals surface area (Å²) in [5, 5.41) is 7.46. The summed E-state index contributed by atoms with van der Waals surface area (Å²) < 4.78 is 7.48. The molecule has 2 rings (SSSR count). The van der Waals surface area contributed by atoms with E-state index in [0.29, 0.717) is 0 Å². The van der Waals surface area contributed by atoms with Crippen LogP contribution in [0.1, 0.15) is 29.5 Å². The molecule has 1 N–H and O–H groups in total. The fourth-order valence-corrected chi connectivity index (χ4v) is 1.98. The maximum absolute atomic E-state index is 5.65. The van der Waals surface area contributed by atoms with Gasteiger partial charge < -0.3 is 9.73 Å². The second-order valence-corrected chi connectivity index (χ2v) is 4.35. The number of nitrogens with one attached hydrogen (secondary N) is 1. The molecule has 2 aromatic rings. The summed E-state index contributed by atoms with van der Waals surface area (Å²) in [4.78, 5) is 0. The monoisotopic (exact) mass is 233 g/mol. The van der Waals surface area contributed by atoms with Crippen molar-refractivity contribution in [3.8, 4) is 0 Å². The summed E-state index contributed by atoms with van der Waals surface area (Å²) >= 11 is 0. The topological polar surface area (TPSA) is 43.0 Å². The largest absolute Gasteiger partial charge is 0.465 e. The molecule has 4 nitrogen and oxygen atoms in total. The Kier molecular flexibility index (Phi) is 3.64. The lowest BCUT2D eigenvalue weighted by Crippen LogP contribution is -2.16. The molecule has 1 atom stereocenters. The van der Waals surface area contributed by atoms with E-state index in [1.54, 1.807) is 0 Å². The van der Waals surface area contributed by atoms with Gasteiger partial charge in [0.2, 0.25) is 0 Å². The Morgan fingerprint density at radius 2 is 2.29 bits per heavy atom. The van der Waals surface area contributed by atoms with Gasteiger partial charge in [-0.3, -0.25) is 4.68 Å². The van der Waals surface area contributed by atoms with E-state index in [1.807, 2.05) is 44.0 Å². The van der Waals surface area contributed by atoms with Crippen molar-refractivity contribution in [3.05, 3.63) is 41.6 Å². The number of hydrogen-bond donors (Lipinski definition) is 1. The second kappa shape index (κ2) is 5.19. The maximum atomic E-state index is 5.65. The first-order chi connectivity index (χ1) is 8.19. The van der Waals surface area contributed by atoms with Gasteiger partial charge in [-0.05, 0) is 44.5 Å². The van der Waals surface area contributed by atoms with E-state index in [9.17, 15) is 0 Å². The molecule has 0 amide bonds. The molecule has 0 aromatic carbocycles. The van der Waals surface area contributed by atoms with Gasteiger partial charge in [-0.15, -0.1) is 0 Å². The van der Waals surface area contributed by atoms with E-state index in [-0.39, 0.29) is 6.04 Å². The van der Waals surface area contributed by atoms with Gasteiger partial charge in [0.25, 0.3) is 0 Å². The molecule has 2 aromatic heterocycles. The lowest BCUT2D eigenvalue weighted by Gasteiger charge is -2.12. The highest BCUT2D eigenvalue weighted by Crippen LogP contribution is 2.20. The molecular formula is C13H19N3O. The lowest BCUT2D eigenvalue weighted by molar-refractivity contribution is 0.402. The molecule has 0 aliphatic heterocycles. The zero-order valence-corrected chi connectivity index (χ0v) is 10.6. The van der Waals surface area contributed by atoms with Crippen molar-refractivity contribution >= 4 is 0 Å². The van der Waals surface area contributed by atoms with Gasteiger partial charge in [-0.25, -0.2) is 0 Å². The first-order valence-corrected chi connectivity index (χ1v) is 5.90. The minimum atomic E-state index is 0.268. The fourth-order valence-electron chi connectivity index (χ4n) is 1.98. The molecule has 0 radical (unpaired) electrons. The Labute approximate surface area is 102 Å². The van der Waals surface area contributed by atoms with Crippen LogP contribution in [0.5, 0.6) is 0 Å². The Balaban J connectivity index is 1.96. The van der Waals surface area contributed by atoms with E-state index < -0.39 is 0 Å². The number of hydrogen-bond acceptors (Lipinski definition) is 3. The molecule has 17 heavy (non-hydrogen) atoms. The van der Waals surface area contributed by atoms with Crippen molar-refractivity contribution in [2.45, 2.75) is 25.8 Å². The predicted molar refractivity (Wildman–Crippen MR) is 66.8 cm³/mol. The summed E-state index contributed by atoms with van der Waals surface area (Å²) in [5.41, 5.74) is 1.26. The molecule has 92 valence electrons. The Morgan fingerprint density at radius 1 is 1.47 bits per heavy atom. The average molecular weight is 233 g/mol. The van der Waals surface area contributed by atoms with Crippen LogP contribution in [-0.4, -0.2) is 16.8 Å². The number of aryl methyl sites for hydroxylation is 3. The molecule has 0 bridgehead atoms. The van der Waals surface area contributed by atoms with Crippen molar-refractivity contribution in [1.82, 2.24) is 15.1 Å². The minimum Gasteiger partial charge on any atom is -0.465 e. The molecule has 0 aliphatic rings. The predicted octanol–water partition coefficient (Wildman–Crippen LogP) is 2.21. The van der Waals surface area contributed by atoms with E-state index in [4.69, 9.17) is 4.42 Å². The molecule has 4 heteroatoms. The van der Waals surface area contributed by atoms with Crippen LogP contribution in [-0.2, 0) is 13.5 Å². The quantitative estimate of drug-likeness (QED) is 0.861. The normalized spacial score (nSPS) is 12.9. The van der Waals surface area contributed by atoms with Crippen molar-refractivity contribution in [3.63, 3.8) is 0 Å². The third kappa shape index (κ3) is 2.97. The number of furan rings is 1. The van der Waals surface area contributed by atoms with Crippen LogP contribution in [0, 0.1) is 6.92 Å². The summed E-state index contributed by atoms with van der Waals surface area (Å²) in [5.74, 6) is 1.97. The average Bonchev–Trinajstić information content (AvgIpc) is 2.89. The van der Waals surface area contributed by atoms with Crippen LogP contribution in [0.15, 0.2) is 28.9 Å².